The van der Waals surface area contributed by atoms with Gasteiger partial charge in [0.15, 0.2) is 5.16 Å². The summed E-state index contributed by atoms with van der Waals surface area (Å²) in [5, 5.41) is 20.2. The van der Waals surface area contributed by atoms with Crippen LogP contribution in [0.3, 0.4) is 0 Å². The van der Waals surface area contributed by atoms with E-state index in [0.717, 1.165) is 22.6 Å². The van der Waals surface area contributed by atoms with Crippen LogP contribution < -0.4 is 9.47 Å². The minimum Gasteiger partial charge on any atom is -0.497 e. The zero-order valence-corrected chi connectivity index (χ0v) is 19.6. The number of nitro groups is 1. The fourth-order valence-electron chi connectivity index (χ4n) is 3.52. The molecule has 0 saturated carbocycles. The summed E-state index contributed by atoms with van der Waals surface area (Å²) < 4.78 is 13.2. The first-order chi connectivity index (χ1) is 16.5. The lowest BCUT2D eigenvalue weighted by Gasteiger charge is -2.18. The molecule has 0 fully saturated rings. The zero-order valence-electron chi connectivity index (χ0n) is 18.8. The van der Waals surface area contributed by atoms with Gasteiger partial charge in [-0.15, -0.1) is 10.2 Å². The average molecular weight is 477 g/mol. The van der Waals surface area contributed by atoms with Crippen molar-refractivity contribution in [2.45, 2.75) is 23.9 Å². The van der Waals surface area contributed by atoms with Crippen LogP contribution in [-0.2, 0) is 6.61 Å². The van der Waals surface area contributed by atoms with E-state index >= 15 is 0 Å². The van der Waals surface area contributed by atoms with Gasteiger partial charge in [-0.2, -0.15) is 0 Å². The highest BCUT2D eigenvalue weighted by Crippen LogP contribution is 2.40. The van der Waals surface area contributed by atoms with Gasteiger partial charge in [0.05, 0.1) is 7.11 Å². The molecule has 1 heterocycles. The highest BCUT2D eigenvalue weighted by Gasteiger charge is 2.26. The molecule has 1 atom stereocenters. The molecule has 0 N–H and O–H groups in total. The van der Waals surface area contributed by atoms with Crippen molar-refractivity contribution >= 4 is 11.8 Å². The number of hydrogen-bond donors (Lipinski definition) is 0. The Bertz CT molecular complexity index is 1250. The largest absolute Gasteiger partial charge is 0.497 e. The first kappa shape index (κ1) is 23.3. The highest BCUT2D eigenvalue weighted by molar-refractivity contribution is 7.99. The number of hydrogen-bond acceptors (Lipinski definition) is 7. The number of ether oxygens (including phenoxy) is 2. The molecule has 0 aliphatic rings. The normalized spacial score (nSPS) is 11.7. The molecule has 3 aromatic carbocycles. The van der Waals surface area contributed by atoms with Gasteiger partial charge in [-0.3, -0.25) is 14.7 Å². The number of methoxy groups -OCH3 is 1. The van der Waals surface area contributed by atoms with E-state index in [9.17, 15) is 10.1 Å². The summed E-state index contributed by atoms with van der Waals surface area (Å²) in [6.07, 6.45) is 0. The summed E-state index contributed by atoms with van der Waals surface area (Å²) in [4.78, 5) is 11.3. The molecule has 9 heteroatoms. The third kappa shape index (κ3) is 5.55. The second-order valence-corrected chi connectivity index (χ2v) is 8.67. The maximum absolute atomic E-state index is 11.6. The molecular formula is C25H24N4O4S. The summed E-state index contributed by atoms with van der Waals surface area (Å²) in [5.74, 6) is 2.03. The van der Waals surface area contributed by atoms with Crippen LogP contribution in [0.15, 0.2) is 84.0 Å². The van der Waals surface area contributed by atoms with Crippen molar-refractivity contribution in [3.63, 3.8) is 0 Å². The molecule has 0 spiro atoms. The molecule has 0 unspecified atom stereocenters. The minimum absolute atomic E-state index is 0.287. The maximum Gasteiger partial charge on any atom is 0.220 e. The predicted octanol–water partition coefficient (Wildman–Crippen LogP) is 5.27. The number of para-hydroxylation sites is 1. The zero-order chi connectivity index (χ0) is 23.9. The van der Waals surface area contributed by atoms with E-state index in [1.54, 1.807) is 7.11 Å². The van der Waals surface area contributed by atoms with Crippen molar-refractivity contribution in [2.75, 3.05) is 13.7 Å². The van der Waals surface area contributed by atoms with E-state index in [2.05, 4.69) is 10.2 Å². The van der Waals surface area contributed by atoms with Gasteiger partial charge >= 0.3 is 0 Å². The molecule has 174 valence electrons. The molecular weight excluding hydrogens is 452 g/mol. The summed E-state index contributed by atoms with van der Waals surface area (Å²) in [5.41, 5.74) is 2.60. The lowest BCUT2D eigenvalue weighted by atomic mass is 10.1. The van der Waals surface area contributed by atoms with Gasteiger partial charge in [0.1, 0.15) is 29.2 Å². The van der Waals surface area contributed by atoms with E-state index < -0.39 is 5.25 Å². The Labute approximate surface area is 201 Å². The Morgan fingerprint density at radius 1 is 1.00 bits per heavy atom. The van der Waals surface area contributed by atoms with Crippen molar-refractivity contribution in [3.8, 4) is 17.2 Å². The molecule has 4 rings (SSSR count). The topological polar surface area (TPSA) is 92.3 Å². The van der Waals surface area contributed by atoms with Crippen LogP contribution in [0.5, 0.6) is 11.5 Å². The average Bonchev–Trinajstić information content (AvgIpc) is 3.22. The van der Waals surface area contributed by atoms with Crippen molar-refractivity contribution in [3.05, 3.63) is 106 Å². The SMILES string of the molecule is COc1ccc(-n2c(C)nnc2S[C@@H](C[N+](=O)[O-])c2ccccc2OCc2ccccc2)cc1. The Kier molecular flexibility index (Phi) is 7.44. The first-order valence-corrected chi connectivity index (χ1v) is 11.5. The first-order valence-electron chi connectivity index (χ1n) is 10.7. The van der Waals surface area contributed by atoms with Crippen molar-refractivity contribution in [2.24, 2.45) is 0 Å². The monoisotopic (exact) mass is 476 g/mol. The van der Waals surface area contributed by atoms with Crippen molar-refractivity contribution < 1.29 is 14.4 Å². The Hall–Kier alpha value is -3.85. The van der Waals surface area contributed by atoms with E-state index in [0.29, 0.717) is 23.3 Å². The van der Waals surface area contributed by atoms with Gasteiger partial charge in [0, 0.05) is 16.2 Å². The van der Waals surface area contributed by atoms with E-state index in [1.165, 1.54) is 11.8 Å². The summed E-state index contributed by atoms with van der Waals surface area (Å²) in [7, 11) is 1.61. The van der Waals surface area contributed by atoms with Crippen LogP contribution >= 0.6 is 11.8 Å². The molecule has 34 heavy (non-hydrogen) atoms. The maximum atomic E-state index is 11.6. The predicted molar refractivity (Wildman–Crippen MR) is 130 cm³/mol. The van der Waals surface area contributed by atoms with Crippen LogP contribution in [0, 0.1) is 17.0 Å². The molecule has 8 nitrogen and oxygen atoms in total. The Morgan fingerprint density at radius 3 is 2.41 bits per heavy atom. The third-order valence-corrected chi connectivity index (χ3v) is 6.35. The fourth-order valence-corrected chi connectivity index (χ4v) is 4.73. The smallest absolute Gasteiger partial charge is 0.220 e. The number of aromatic nitrogens is 3. The lowest BCUT2D eigenvalue weighted by molar-refractivity contribution is -0.479. The Balaban J connectivity index is 1.64. The fraction of sp³-hybridized carbons (Fsp3) is 0.200. The van der Waals surface area contributed by atoms with Crippen molar-refractivity contribution in [1.29, 1.82) is 0 Å². The summed E-state index contributed by atoms with van der Waals surface area (Å²) in [6, 6.07) is 24.7. The van der Waals surface area contributed by atoms with Gasteiger partial charge in [-0.25, -0.2) is 0 Å². The van der Waals surface area contributed by atoms with Crippen LogP contribution in [0.2, 0.25) is 0 Å². The van der Waals surface area contributed by atoms with Gasteiger partial charge in [-0.05, 0) is 42.8 Å². The van der Waals surface area contributed by atoms with Gasteiger partial charge < -0.3 is 9.47 Å². The number of benzene rings is 3. The van der Waals surface area contributed by atoms with E-state index in [1.807, 2.05) is 90.4 Å². The molecule has 0 amide bonds. The summed E-state index contributed by atoms with van der Waals surface area (Å²) in [6.45, 7) is 1.93. The lowest BCUT2D eigenvalue weighted by Crippen LogP contribution is -2.12. The number of aryl methyl sites for hydroxylation is 1. The van der Waals surface area contributed by atoms with Crippen molar-refractivity contribution in [1.82, 2.24) is 14.8 Å². The summed E-state index contributed by atoms with van der Waals surface area (Å²) >= 11 is 1.29. The quantitative estimate of drug-likeness (QED) is 0.175. The van der Waals surface area contributed by atoms with Gasteiger partial charge in [-0.1, -0.05) is 60.3 Å². The molecule has 0 aliphatic carbocycles. The molecule has 0 saturated heterocycles. The number of thioether (sulfide) groups is 1. The second-order valence-electron chi connectivity index (χ2n) is 7.50. The molecule has 0 radical (unpaired) electrons. The second kappa shape index (κ2) is 10.8. The van der Waals surface area contributed by atoms with Crippen LogP contribution in [-0.4, -0.2) is 33.3 Å². The standard InChI is InChI=1S/C25H24N4O4S/c1-18-26-27-25(29(18)20-12-14-21(32-2)15-13-20)34-24(16-28(30)31)22-10-6-7-11-23(22)33-17-19-8-4-3-5-9-19/h3-15,24H,16-17H2,1-2H3/t24-/m0/s1. The van der Waals surface area contributed by atoms with E-state index in [-0.39, 0.29) is 11.5 Å². The molecule has 1 aromatic heterocycles. The number of nitrogens with zero attached hydrogens (tertiary/aromatic N) is 4. The molecule has 0 aliphatic heterocycles. The minimum atomic E-state index is -0.525. The Morgan fingerprint density at radius 2 is 1.71 bits per heavy atom. The highest BCUT2D eigenvalue weighted by atomic mass is 32.2. The molecule has 0 bridgehead atoms. The third-order valence-electron chi connectivity index (χ3n) is 5.19. The van der Waals surface area contributed by atoms with Crippen LogP contribution in [0.25, 0.3) is 5.69 Å². The van der Waals surface area contributed by atoms with Gasteiger partial charge in [0.2, 0.25) is 6.54 Å². The number of rotatable bonds is 10. The van der Waals surface area contributed by atoms with E-state index in [4.69, 9.17) is 9.47 Å². The van der Waals surface area contributed by atoms with Gasteiger partial charge in [0.25, 0.3) is 0 Å². The van der Waals surface area contributed by atoms with Crippen LogP contribution in [0.4, 0.5) is 0 Å². The molecule has 4 aromatic rings. The van der Waals surface area contributed by atoms with Crippen LogP contribution in [0.1, 0.15) is 22.2 Å².